The fraction of sp³-hybridized carbons (Fsp3) is 0.545. The lowest BCUT2D eigenvalue weighted by molar-refractivity contribution is -0.121. The Balaban J connectivity index is 1.44. The van der Waals surface area contributed by atoms with Crippen molar-refractivity contribution in [1.29, 1.82) is 0 Å². The Bertz CT molecular complexity index is 838. The molecule has 1 N–H and O–H groups in total. The summed E-state index contributed by atoms with van der Waals surface area (Å²) in [5, 5.41) is 6.52. The van der Waals surface area contributed by atoms with Crippen LogP contribution >= 0.6 is 22.9 Å². The number of anilines is 1. The summed E-state index contributed by atoms with van der Waals surface area (Å²) in [4.78, 5) is 20.4. The van der Waals surface area contributed by atoms with E-state index >= 15 is 0 Å². The van der Waals surface area contributed by atoms with Crippen LogP contribution in [0.1, 0.15) is 50.8 Å². The van der Waals surface area contributed by atoms with Crippen molar-refractivity contribution in [3.8, 4) is 0 Å². The highest BCUT2D eigenvalue weighted by Crippen LogP contribution is 2.42. The van der Waals surface area contributed by atoms with Gasteiger partial charge in [-0.15, -0.1) is 11.3 Å². The molecule has 1 aliphatic heterocycles. The largest absolute Gasteiger partial charge is 0.373 e. The molecule has 0 bridgehead atoms. The quantitative estimate of drug-likeness (QED) is 0.731. The first-order valence-corrected chi connectivity index (χ1v) is 11.6. The molecular formula is C22H28ClN3O2S. The summed E-state index contributed by atoms with van der Waals surface area (Å²) in [5.41, 5.74) is 1.56. The second-order valence-electron chi connectivity index (χ2n) is 8.35. The van der Waals surface area contributed by atoms with Crippen molar-refractivity contribution in [2.24, 2.45) is 0 Å². The maximum atomic E-state index is 13.3. The van der Waals surface area contributed by atoms with Gasteiger partial charge in [0.15, 0.2) is 5.13 Å². The van der Waals surface area contributed by atoms with E-state index in [4.69, 9.17) is 16.3 Å². The highest BCUT2D eigenvalue weighted by molar-refractivity contribution is 7.13. The normalized spacial score (nSPS) is 24.5. The molecule has 4 rings (SSSR count). The molecule has 1 saturated heterocycles. The van der Waals surface area contributed by atoms with E-state index < -0.39 is 5.41 Å². The van der Waals surface area contributed by atoms with Gasteiger partial charge in [0.2, 0.25) is 5.91 Å². The van der Waals surface area contributed by atoms with Crippen LogP contribution in [0.25, 0.3) is 0 Å². The number of hydrogen-bond donors (Lipinski definition) is 1. The molecule has 0 spiro atoms. The number of carbonyl (C=O) groups excluding carboxylic acids is 1. The monoisotopic (exact) mass is 433 g/mol. The maximum Gasteiger partial charge on any atom is 0.236 e. The van der Waals surface area contributed by atoms with Crippen molar-refractivity contribution < 1.29 is 9.53 Å². The molecule has 156 valence electrons. The van der Waals surface area contributed by atoms with Crippen molar-refractivity contribution >= 4 is 34.0 Å². The van der Waals surface area contributed by atoms with Crippen LogP contribution in [0.15, 0.2) is 29.6 Å². The van der Waals surface area contributed by atoms with E-state index in [1.54, 1.807) is 0 Å². The molecule has 0 radical (unpaired) electrons. The minimum atomic E-state index is -0.481. The molecule has 2 heterocycles. The maximum absolute atomic E-state index is 13.3. The molecule has 1 aromatic carbocycles. The highest BCUT2D eigenvalue weighted by atomic mass is 35.5. The summed E-state index contributed by atoms with van der Waals surface area (Å²) < 4.78 is 5.80. The van der Waals surface area contributed by atoms with Crippen LogP contribution in [-0.4, -0.2) is 41.1 Å². The molecule has 1 amide bonds. The second kappa shape index (κ2) is 8.72. The van der Waals surface area contributed by atoms with E-state index in [9.17, 15) is 4.79 Å². The lowest BCUT2D eigenvalue weighted by atomic mass is 9.78. The number of thiazole rings is 1. The summed E-state index contributed by atoms with van der Waals surface area (Å²) in [6.07, 6.45) is 4.32. The van der Waals surface area contributed by atoms with E-state index in [1.807, 2.05) is 29.6 Å². The lowest BCUT2D eigenvalue weighted by Gasteiger charge is -2.34. The number of hydrogen-bond acceptors (Lipinski definition) is 5. The van der Waals surface area contributed by atoms with Crippen molar-refractivity contribution in [2.45, 2.75) is 63.7 Å². The number of aromatic nitrogens is 1. The fourth-order valence-electron chi connectivity index (χ4n) is 4.69. The number of amides is 1. The van der Waals surface area contributed by atoms with Gasteiger partial charge in [-0.3, -0.25) is 9.69 Å². The van der Waals surface area contributed by atoms with Gasteiger partial charge in [0.1, 0.15) is 0 Å². The van der Waals surface area contributed by atoms with E-state index in [0.717, 1.165) is 56.6 Å². The minimum absolute atomic E-state index is 0.0480. The van der Waals surface area contributed by atoms with Gasteiger partial charge in [0.25, 0.3) is 0 Å². The average Bonchev–Trinajstić information content (AvgIpc) is 3.32. The first kappa shape index (κ1) is 20.8. The van der Waals surface area contributed by atoms with Gasteiger partial charge in [-0.2, -0.15) is 0 Å². The Labute approximate surface area is 181 Å². The lowest BCUT2D eigenvalue weighted by Crippen LogP contribution is -2.44. The van der Waals surface area contributed by atoms with Crippen LogP contribution in [0.2, 0.25) is 5.02 Å². The zero-order valence-electron chi connectivity index (χ0n) is 17.0. The number of halogens is 1. The second-order valence-corrected chi connectivity index (χ2v) is 9.64. The summed E-state index contributed by atoms with van der Waals surface area (Å²) in [7, 11) is 0. The summed E-state index contributed by atoms with van der Waals surface area (Å²) in [5.74, 6) is 0.0480. The van der Waals surface area contributed by atoms with Crippen molar-refractivity contribution in [1.82, 2.24) is 9.88 Å². The molecule has 2 aromatic rings. The Morgan fingerprint density at radius 3 is 2.55 bits per heavy atom. The number of nitrogens with one attached hydrogen (secondary N) is 1. The SMILES string of the molecule is CC1CN(Cc2csc(NC(=O)C3(c4ccc(Cl)cc4)CCCC3)n2)CC(C)O1. The zero-order chi connectivity index (χ0) is 20.4. The van der Waals surface area contributed by atoms with E-state index in [-0.39, 0.29) is 18.1 Å². The number of ether oxygens (including phenoxy) is 1. The van der Waals surface area contributed by atoms with Crippen LogP contribution in [0.5, 0.6) is 0 Å². The van der Waals surface area contributed by atoms with Crippen LogP contribution in [0.3, 0.4) is 0 Å². The number of rotatable bonds is 5. The molecule has 7 heteroatoms. The third-order valence-corrected chi connectivity index (χ3v) is 7.00. The van der Waals surface area contributed by atoms with Gasteiger partial charge in [-0.05, 0) is 44.4 Å². The third kappa shape index (κ3) is 4.66. The number of nitrogens with zero attached hydrogens (tertiary/aromatic N) is 2. The molecule has 5 nitrogen and oxygen atoms in total. The van der Waals surface area contributed by atoms with E-state index in [0.29, 0.717) is 10.2 Å². The molecule has 1 aliphatic carbocycles. The number of benzene rings is 1. The van der Waals surface area contributed by atoms with Crippen LogP contribution in [-0.2, 0) is 21.5 Å². The van der Waals surface area contributed by atoms with Gasteiger partial charge in [0, 0.05) is 30.0 Å². The number of morpholine rings is 1. The van der Waals surface area contributed by atoms with Crippen molar-refractivity contribution in [3.63, 3.8) is 0 Å². The van der Waals surface area contributed by atoms with E-state index in [1.165, 1.54) is 11.3 Å². The number of carbonyl (C=O) groups is 1. The smallest absolute Gasteiger partial charge is 0.236 e. The Kier molecular flexibility index (Phi) is 6.25. The Morgan fingerprint density at radius 1 is 1.24 bits per heavy atom. The first-order valence-electron chi connectivity index (χ1n) is 10.3. The molecule has 1 saturated carbocycles. The highest BCUT2D eigenvalue weighted by Gasteiger charge is 2.43. The molecule has 2 unspecified atom stereocenters. The van der Waals surface area contributed by atoms with Crippen LogP contribution in [0, 0.1) is 0 Å². The molecule has 2 atom stereocenters. The fourth-order valence-corrected chi connectivity index (χ4v) is 5.51. The molecule has 2 aliphatic rings. The van der Waals surface area contributed by atoms with Crippen LogP contribution in [0.4, 0.5) is 5.13 Å². The topological polar surface area (TPSA) is 54.5 Å². The summed E-state index contributed by atoms with van der Waals surface area (Å²) in [6.45, 7) is 6.81. The van der Waals surface area contributed by atoms with Gasteiger partial charge >= 0.3 is 0 Å². The van der Waals surface area contributed by atoms with Gasteiger partial charge in [-0.25, -0.2) is 4.98 Å². The summed E-state index contributed by atoms with van der Waals surface area (Å²) >= 11 is 7.55. The van der Waals surface area contributed by atoms with Gasteiger partial charge < -0.3 is 10.1 Å². The molecule has 1 aromatic heterocycles. The first-order chi connectivity index (χ1) is 13.9. The Morgan fingerprint density at radius 2 is 1.90 bits per heavy atom. The molecule has 29 heavy (non-hydrogen) atoms. The minimum Gasteiger partial charge on any atom is -0.373 e. The van der Waals surface area contributed by atoms with Gasteiger partial charge in [-0.1, -0.05) is 36.6 Å². The standard InChI is InChI=1S/C22H28ClN3O2S/c1-15-11-26(12-16(2)28-15)13-19-14-29-21(24-19)25-20(27)22(9-3-4-10-22)17-5-7-18(23)8-6-17/h5-8,14-16H,3-4,9-13H2,1-2H3,(H,24,25,27). The summed E-state index contributed by atoms with van der Waals surface area (Å²) in [6, 6.07) is 7.72. The zero-order valence-corrected chi connectivity index (χ0v) is 18.6. The van der Waals surface area contributed by atoms with E-state index in [2.05, 4.69) is 29.0 Å². The van der Waals surface area contributed by atoms with Crippen molar-refractivity contribution in [2.75, 3.05) is 18.4 Å². The molecule has 2 fully saturated rings. The van der Waals surface area contributed by atoms with Crippen molar-refractivity contribution in [3.05, 3.63) is 45.9 Å². The predicted molar refractivity (Wildman–Crippen MR) is 118 cm³/mol. The molecular weight excluding hydrogens is 406 g/mol. The third-order valence-electron chi connectivity index (χ3n) is 5.94. The van der Waals surface area contributed by atoms with Gasteiger partial charge in [0.05, 0.1) is 23.3 Å². The Hall–Kier alpha value is -1.47. The average molecular weight is 434 g/mol. The van der Waals surface area contributed by atoms with Crippen LogP contribution < -0.4 is 5.32 Å². The predicted octanol–water partition coefficient (Wildman–Crippen LogP) is 4.86.